The fourth-order valence-corrected chi connectivity index (χ4v) is 6.04. The van der Waals surface area contributed by atoms with Gasteiger partial charge in [-0.25, -0.2) is 4.98 Å². The standard InChI is InChI=1S/C26H33N5OS/c1-2-29-14-16-31(17-15-29)22-11-9-21(10-12-22)27-25(32)19-30-13-5-6-20(18-30)26-28-23-7-3-4-8-24(23)33-26/h3-4,7-12,20H,2,5-6,13-19H2,1H3,(H,27,32). The van der Waals surface area contributed by atoms with Gasteiger partial charge in [-0.05, 0) is 62.3 Å². The van der Waals surface area contributed by atoms with Crippen LogP contribution in [0.1, 0.15) is 30.7 Å². The van der Waals surface area contributed by atoms with Gasteiger partial charge in [-0.2, -0.15) is 0 Å². The number of para-hydroxylation sites is 1. The zero-order valence-electron chi connectivity index (χ0n) is 19.4. The van der Waals surface area contributed by atoms with Crippen molar-refractivity contribution in [2.45, 2.75) is 25.7 Å². The predicted molar refractivity (Wildman–Crippen MR) is 137 cm³/mol. The first kappa shape index (κ1) is 22.3. The van der Waals surface area contributed by atoms with Crippen LogP contribution in [0.4, 0.5) is 11.4 Å². The van der Waals surface area contributed by atoms with Crippen LogP contribution in [0, 0.1) is 0 Å². The molecule has 0 spiro atoms. The molecule has 0 saturated carbocycles. The number of carbonyl (C=O) groups excluding carboxylic acids is 1. The molecule has 7 heteroatoms. The van der Waals surface area contributed by atoms with Crippen LogP contribution in [0.15, 0.2) is 48.5 Å². The highest BCUT2D eigenvalue weighted by Crippen LogP contribution is 2.32. The summed E-state index contributed by atoms with van der Waals surface area (Å²) < 4.78 is 1.25. The maximum absolute atomic E-state index is 12.7. The Hall–Kier alpha value is -2.48. The zero-order valence-corrected chi connectivity index (χ0v) is 20.2. The van der Waals surface area contributed by atoms with Crippen molar-refractivity contribution in [3.63, 3.8) is 0 Å². The first-order valence-corrected chi connectivity index (χ1v) is 12.9. The Morgan fingerprint density at radius 2 is 1.82 bits per heavy atom. The normalized spacial score (nSPS) is 20.3. The van der Waals surface area contributed by atoms with Crippen molar-refractivity contribution in [3.05, 3.63) is 53.5 Å². The topological polar surface area (TPSA) is 51.7 Å². The third-order valence-corrected chi connectivity index (χ3v) is 8.07. The van der Waals surface area contributed by atoms with Crippen LogP contribution < -0.4 is 10.2 Å². The second-order valence-corrected chi connectivity index (χ2v) is 10.2. The van der Waals surface area contributed by atoms with Crippen LogP contribution in [-0.4, -0.2) is 73.0 Å². The lowest BCUT2D eigenvalue weighted by Gasteiger charge is -2.35. The minimum atomic E-state index is 0.0595. The Morgan fingerprint density at radius 1 is 1.03 bits per heavy atom. The molecule has 174 valence electrons. The summed E-state index contributed by atoms with van der Waals surface area (Å²) >= 11 is 1.80. The number of hydrogen-bond acceptors (Lipinski definition) is 6. The molecule has 2 aliphatic heterocycles. The van der Waals surface area contributed by atoms with Gasteiger partial charge in [-0.15, -0.1) is 11.3 Å². The number of thiazole rings is 1. The van der Waals surface area contributed by atoms with Gasteiger partial charge in [0.05, 0.1) is 21.8 Å². The summed E-state index contributed by atoms with van der Waals surface area (Å²) in [7, 11) is 0. The predicted octanol–water partition coefficient (Wildman–Crippen LogP) is 4.26. The maximum atomic E-state index is 12.7. The van der Waals surface area contributed by atoms with Gasteiger partial charge >= 0.3 is 0 Å². The Bertz CT molecular complexity index is 1040. The Labute approximate surface area is 200 Å². The number of likely N-dealkylation sites (tertiary alicyclic amines) is 1. The number of fused-ring (bicyclic) bond motifs is 1. The number of carbonyl (C=O) groups is 1. The molecular weight excluding hydrogens is 430 g/mol. The van der Waals surface area contributed by atoms with E-state index in [1.165, 1.54) is 15.4 Å². The van der Waals surface area contributed by atoms with Crippen LogP contribution in [0.2, 0.25) is 0 Å². The number of nitrogens with zero attached hydrogens (tertiary/aromatic N) is 4. The number of nitrogens with one attached hydrogen (secondary N) is 1. The van der Waals surface area contributed by atoms with E-state index < -0.39 is 0 Å². The molecule has 2 saturated heterocycles. The highest BCUT2D eigenvalue weighted by Gasteiger charge is 2.25. The minimum absolute atomic E-state index is 0.0595. The molecule has 1 aromatic heterocycles. The maximum Gasteiger partial charge on any atom is 0.238 e. The average Bonchev–Trinajstić information content (AvgIpc) is 3.29. The molecule has 2 aromatic carbocycles. The molecule has 1 unspecified atom stereocenters. The lowest BCUT2D eigenvalue weighted by molar-refractivity contribution is -0.117. The number of amides is 1. The van der Waals surface area contributed by atoms with Crippen molar-refractivity contribution in [2.75, 3.05) is 62.6 Å². The minimum Gasteiger partial charge on any atom is -0.369 e. The number of hydrogen-bond donors (Lipinski definition) is 1. The van der Waals surface area contributed by atoms with Gasteiger partial charge in [-0.1, -0.05) is 19.1 Å². The molecule has 2 aliphatic rings. The SMILES string of the molecule is CCN1CCN(c2ccc(NC(=O)CN3CCCC(c4nc5ccccc5s4)C3)cc2)CC1. The van der Waals surface area contributed by atoms with Gasteiger partial charge in [0.1, 0.15) is 0 Å². The molecule has 5 rings (SSSR count). The molecule has 0 radical (unpaired) electrons. The van der Waals surface area contributed by atoms with E-state index in [1.807, 2.05) is 18.2 Å². The van der Waals surface area contributed by atoms with Crippen LogP contribution in [-0.2, 0) is 4.79 Å². The molecule has 33 heavy (non-hydrogen) atoms. The van der Waals surface area contributed by atoms with Crippen molar-refractivity contribution in [2.24, 2.45) is 0 Å². The number of piperazine rings is 1. The van der Waals surface area contributed by atoms with Gasteiger partial charge in [0.15, 0.2) is 0 Å². The van der Waals surface area contributed by atoms with E-state index in [0.717, 1.165) is 69.9 Å². The second-order valence-electron chi connectivity index (χ2n) is 9.11. The third kappa shape index (κ3) is 5.37. The van der Waals surface area contributed by atoms with Crippen molar-refractivity contribution >= 4 is 38.8 Å². The fraction of sp³-hybridized carbons (Fsp3) is 0.462. The molecule has 1 N–H and O–H groups in total. The summed E-state index contributed by atoms with van der Waals surface area (Å²) in [6.07, 6.45) is 2.25. The summed E-state index contributed by atoms with van der Waals surface area (Å²) in [6.45, 7) is 9.99. The highest BCUT2D eigenvalue weighted by atomic mass is 32.1. The summed E-state index contributed by atoms with van der Waals surface area (Å²) in [5, 5.41) is 4.30. The third-order valence-electron chi connectivity index (χ3n) is 6.87. The van der Waals surface area contributed by atoms with Gasteiger partial charge < -0.3 is 15.1 Å². The summed E-state index contributed by atoms with van der Waals surface area (Å²) in [6, 6.07) is 16.6. The molecule has 0 aliphatic carbocycles. The first-order chi connectivity index (χ1) is 16.2. The molecule has 0 bridgehead atoms. The Morgan fingerprint density at radius 3 is 2.58 bits per heavy atom. The van der Waals surface area contributed by atoms with Crippen LogP contribution in [0.3, 0.4) is 0 Å². The lowest BCUT2D eigenvalue weighted by atomic mass is 9.99. The largest absolute Gasteiger partial charge is 0.369 e. The summed E-state index contributed by atoms with van der Waals surface area (Å²) in [4.78, 5) is 24.8. The quantitative estimate of drug-likeness (QED) is 0.592. The van der Waals surface area contributed by atoms with E-state index in [4.69, 9.17) is 4.98 Å². The van der Waals surface area contributed by atoms with Gasteiger partial charge in [0, 0.05) is 50.0 Å². The van der Waals surface area contributed by atoms with Crippen molar-refractivity contribution in [3.8, 4) is 0 Å². The zero-order chi connectivity index (χ0) is 22.6. The lowest BCUT2D eigenvalue weighted by Crippen LogP contribution is -2.46. The van der Waals surface area contributed by atoms with E-state index in [1.54, 1.807) is 11.3 Å². The van der Waals surface area contributed by atoms with Crippen LogP contribution in [0.5, 0.6) is 0 Å². The fourth-order valence-electron chi connectivity index (χ4n) is 4.95. The monoisotopic (exact) mass is 463 g/mol. The smallest absolute Gasteiger partial charge is 0.238 e. The first-order valence-electron chi connectivity index (χ1n) is 12.1. The van der Waals surface area contributed by atoms with E-state index in [2.05, 4.69) is 57.3 Å². The van der Waals surface area contributed by atoms with Crippen molar-refractivity contribution in [1.29, 1.82) is 0 Å². The molecule has 3 aromatic rings. The van der Waals surface area contributed by atoms with Gasteiger partial charge in [0.2, 0.25) is 5.91 Å². The molecule has 3 heterocycles. The van der Waals surface area contributed by atoms with Gasteiger partial charge in [0.25, 0.3) is 0 Å². The number of anilines is 2. The van der Waals surface area contributed by atoms with Crippen molar-refractivity contribution < 1.29 is 4.79 Å². The molecule has 1 amide bonds. The van der Waals surface area contributed by atoms with Crippen LogP contribution >= 0.6 is 11.3 Å². The van der Waals surface area contributed by atoms with E-state index in [9.17, 15) is 4.79 Å². The number of benzene rings is 2. The molecule has 6 nitrogen and oxygen atoms in total. The molecular formula is C26H33N5OS. The second kappa shape index (κ2) is 10.2. The molecule has 1 atom stereocenters. The highest BCUT2D eigenvalue weighted by molar-refractivity contribution is 7.18. The van der Waals surface area contributed by atoms with E-state index in [0.29, 0.717) is 12.5 Å². The van der Waals surface area contributed by atoms with Gasteiger partial charge in [-0.3, -0.25) is 9.69 Å². The summed E-state index contributed by atoms with van der Waals surface area (Å²) in [5.41, 5.74) is 3.19. The Kier molecular flexibility index (Phi) is 6.90. The summed E-state index contributed by atoms with van der Waals surface area (Å²) in [5.74, 6) is 0.473. The molecule has 2 fully saturated rings. The average molecular weight is 464 g/mol. The van der Waals surface area contributed by atoms with E-state index >= 15 is 0 Å². The van der Waals surface area contributed by atoms with Crippen molar-refractivity contribution in [1.82, 2.24) is 14.8 Å². The number of piperidine rings is 1. The number of likely N-dealkylation sites (N-methyl/N-ethyl adjacent to an activating group) is 1. The van der Waals surface area contributed by atoms with Crippen LogP contribution in [0.25, 0.3) is 10.2 Å². The van der Waals surface area contributed by atoms with E-state index in [-0.39, 0.29) is 5.91 Å². The number of rotatable bonds is 6. The number of aromatic nitrogens is 1. The Balaban J connectivity index is 1.14.